The van der Waals surface area contributed by atoms with Crippen molar-refractivity contribution in [2.75, 3.05) is 0 Å². The summed E-state index contributed by atoms with van der Waals surface area (Å²) in [5, 5.41) is 0.0537. The Morgan fingerprint density at radius 3 is 2.56 bits per heavy atom. The molecule has 6 nitrogen and oxygen atoms in total. The summed E-state index contributed by atoms with van der Waals surface area (Å²) in [4.78, 5) is 14.8. The Morgan fingerprint density at radius 1 is 1.50 bits per heavy atom. The predicted molar refractivity (Wildman–Crippen MR) is 67.4 cm³/mol. The molecular weight excluding hydrogens is 278 g/mol. The van der Waals surface area contributed by atoms with Gasteiger partial charge < -0.3 is 5.73 Å². The van der Waals surface area contributed by atoms with Crippen molar-refractivity contribution in [3.05, 3.63) is 23.5 Å². The van der Waals surface area contributed by atoms with Gasteiger partial charge in [-0.15, -0.1) is 0 Å². The minimum atomic E-state index is -3.85. The zero-order valence-electron chi connectivity index (χ0n) is 9.92. The number of sulfonamides is 1. The van der Waals surface area contributed by atoms with Crippen molar-refractivity contribution in [1.29, 1.82) is 0 Å². The Labute approximate surface area is 111 Å². The van der Waals surface area contributed by atoms with Crippen LogP contribution in [-0.4, -0.2) is 25.4 Å². The standard InChI is InChI=1S/C10H14ClN3O3S/c1-6(2)9(10(12)15)14-18(16,17)7-3-4-13-8(11)5-7/h3-6,9,14H,1-2H3,(H2,12,15). The Balaban J connectivity index is 3.05. The van der Waals surface area contributed by atoms with E-state index in [0.717, 1.165) is 0 Å². The van der Waals surface area contributed by atoms with Crippen LogP contribution in [0.15, 0.2) is 23.2 Å². The average molecular weight is 292 g/mol. The van der Waals surface area contributed by atoms with Crippen molar-refractivity contribution in [2.45, 2.75) is 24.8 Å². The third-order valence-electron chi connectivity index (χ3n) is 2.26. The highest BCUT2D eigenvalue weighted by molar-refractivity contribution is 7.89. The van der Waals surface area contributed by atoms with E-state index in [0.29, 0.717) is 0 Å². The summed E-state index contributed by atoms with van der Waals surface area (Å²) in [7, 11) is -3.85. The first kappa shape index (κ1) is 14.9. The van der Waals surface area contributed by atoms with Gasteiger partial charge in [0.15, 0.2) is 0 Å². The summed E-state index contributed by atoms with van der Waals surface area (Å²) in [5.74, 6) is -0.983. The maximum absolute atomic E-state index is 12.0. The largest absolute Gasteiger partial charge is 0.368 e. The van der Waals surface area contributed by atoms with Gasteiger partial charge in [-0.25, -0.2) is 13.4 Å². The SMILES string of the molecule is CC(C)C(NS(=O)(=O)c1ccnc(Cl)c1)C(N)=O. The van der Waals surface area contributed by atoms with Crippen LogP contribution >= 0.6 is 11.6 Å². The number of carbonyl (C=O) groups is 1. The zero-order chi connectivity index (χ0) is 13.9. The van der Waals surface area contributed by atoms with Gasteiger partial charge in [0.2, 0.25) is 15.9 Å². The van der Waals surface area contributed by atoms with Crippen LogP contribution in [0.3, 0.4) is 0 Å². The first-order chi connectivity index (χ1) is 8.24. The summed E-state index contributed by atoms with van der Waals surface area (Å²) >= 11 is 5.62. The Morgan fingerprint density at radius 2 is 2.11 bits per heavy atom. The number of pyridine rings is 1. The number of nitrogens with two attached hydrogens (primary N) is 1. The van der Waals surface area contributed by atoms with E-state index in [4.69, 9.17) is 17.3 Å². The lowest BCUT2D eigenvalue weighted by Crippen LogP contribution is -2.47. The fourth-order valence-electron chi connectivity index (χ4n) is 1.31. The second kappa shape index (κ2) is 5.64. The second-order valence-electron chi connectivity index (χ2n) is 4.06. The van der Waals surface area contributed by atoms with Crippen molar-refractivity contribution in [3.63, 3.8) is 0 Å². The number of amides is 1. The fraction of sp³-hybridized carbons (Fsp3) is 0.400. The van der Waals surface area contributed by atoms with Gasteiger partial charge in [-0.3, -0.25) is 4.79 Å². The van der Waals surface area contributed by atoms with Crippen molar-refractivity contribution in [2.24, 2.45) is 11.7 Å². The maximum Gasteiger partial charge on any atom is 0.241 e. The molecule has 1 aromatic heterocycles. The van der Waals surface area contributed by atoms with E-state index in [1.165, 1.54) is 18.3 Å². The Kier molecular flexibility index (Phi) is 4.66. The number of carbonyl (C=O) groups excluding carboxylic acids is 1. The highest BCUT2D eigenvalue weighted by Gasteiger charge is 2.26. The van der Waals surface area contributed by atoms with Crippen LogP contribution in [0.4, 0.5) is 0 Å². The Hall–Kier alpha value is -1.18. The molecule has 0 aliphatic carbocycles. The first-order valence-electron chi connectivity index (χ1n) is 5.17. The quantitative estimate of drug-likeness (QED) is 0.772. The van der Waals surface area contributed by atoms with E-state index in [1.807, 2.05) is 0 Å². The number of nitrogens with zero attached hydrogens (tertiary/aromatic N) is 1. The molecule has 1 heterocycles. The molecule has 8 heteroatoms. The molecule has 18 heavy (non-hydrogen) atoms. The molecule has 3 N–H and O–H groups in total. The van der Waals surface area contributed by atoms with Crippen molar-refractivity contribution < 1.29 is 13.2 Å². The van der Waals surface area contributed by atoms with E-state index in [2.05, 4.69) is 9.71 Å². The van der Waals surface area contributed by atoms with Gasteiger partial charge in [0.25, 0.3) is 0 Å². The summed E-state index contributed by atoms with van der Waals surface area (Å²) in [5.41, 5.74) is 5.15. The molecule has 0 aliphatic rings. The number of primary amides is 1. The third kappa shape index (κ3) is 3.66. The molecule has 1 amide bonds. The monoisotopic (exact) mass is 291 g/mol. The van der Waals surface area contributed by atoms with Gasteiger partial charge in [-0.1, -0.05) is 25.4 Å². The molecule has 1 atom stereocenters. The molecule has 0 radical (unpaired) electrons. The van der Waals surface area contributed by atoms with E-state index in [1.54, 1.807) is 13.8 Å². The number of rotatable bonds is 5. The smallest absolute Gasteiger partial charge is 0.241 e. The molecule has 0 fully saturated rings. The molecule has 0 bridgehead atoms. The van der Waals surface area contributed by atoms with E-state index in [9.17, 15) is 13.2 Å². The molecule has 1 unspecified atom stereocenters. The maximum atomic E-state index is 12.0. The number of aromatic nitrogens is 1. The van der Waals surface area contributed by atoms with Gasteiger partial charge in [0, 0.05) is 6.20 Å². The highest BCUT2D eigenvalue weighted by Crippen LogP contribution is 2.14. The lowest BCUT2D eigenvalue weighted by Gasteiger charge is -2.18. The van der Waals surface area contributed by atoms with E-state index < -0.39 is 22.0 Å². The van der Waals surface area contributed by atoms with Gasteiger partial charge in [-0.2, -0.15) is 4.72 Å². The predicted octanol–water partition coefficient (Wildman–Crippen LogP) is 0.523. The fourth-order valence-corrected chi connectivity index (χ4v) is 2.91. The average Bonchev–Trinajstić information content (AvgIpc) is 2.25. The molecule has 0 aliphatic heterocycles. The minimum Gasteiger partial charge on any atom is -0.368 e. The van der Waals surface area contributed by atoms with Crippen LogP contribution in [0.1, 0.15) is 13.8 Å². The molecule has 0 aromatic carbocycles. The number of hydrogen-bond donors (Lipinski definition) is 2. The third-order valence-corrected chi connectivity index (χ3v) is 3.91. The molecule has 0 spiro atoms. The molecule has 100 valence electrons. The summed E-state index contributed by atoms with van der Waals surface area (Å²) in [6.45, 7) is 3.38. The summed E-state index contributed by atoms with van der Waals surface area (Å²) in [6, 6.07) is 1.51. The topological polar surface area (TPSA) is 102 Å². The molecule has 1 rings (SSSR count). The van der Waals surface area contributed by atoms with Crippen LogP contribution in [0.5, 0.6) is 0 Å². The lowest BCUT2D eigenvalue weighted by atomic mass is 10.1. The van der Waals surface area contributed by atoms with Crippen molar-refractivity contribution in [3.8, 4) is 0 Å². The van der Waals surface area contributed by atoms with E-state index in [-0.39, 0.29) is 16.0 Å². The van der Waals surface area contributed by atoms with Crippen LogP contribution in [0.2, 0.25) is 5.15 Å². The summed E-state index contributed by atoms with van der Waals surface area (Å²) < 4.78 is 26.2. The van der Waals surface area contributed by atoms with Crippen LogP contribution in [0, 0.1) is 5.92 Å². The summed E-state index contributed by atoms with van der Waals surface area (Å²) in [6.07, 6.45) is 1.27. The van der Waals surface area contributed by atoms with Crippen LogP contribution in [-0.2, 0) is 14.8 Å². The van der Waals surface area contributed by atoms with Gasteiger partial charge >= 0.3 is 0 Å². The molecular formula is C10H14ClN3O3S. The van der Waals surface area contributed by atoms with Gasteiger partial charge in [0.05, 0.1) is 4.90 Å². The number of hydrogen-bond acceptors (Lipinski definition) is 4. The van der Waals surface area contributed by atoms with Crippen LogP contribution < -0.4 is 10.5 Å². The minimum absolute atomic E-state index is 0.0537. The number of halogens is 1. The zero-order valence-corrected chi connectivity index (χ0v) is 11.5. The van der Waals surface area contributed by atoms with Gasteiger partial charge in [0.1, 0.15) is 11.2 Å². The normalized spacial score (nSPS) is 13.6. The second-order valence-corrected chi connectivity index (χ2v) is 6.16. The molecule has 0 saturated carbocycles. The van der Waals surface area contributed by atoms with Crippen LogP contribution in [0.25, 0.3) is 0 Å². The lowest BCUT2D eigenvalue weighted by molar-refractivity contribution is -0.120. The van der Waals surface area contributed by atoms with Crippen molar-refractivity contribution >= 4 is 27.5 Å². The van der Waals surface area contributed by atoms with E-state index >= 15 is 0 Å². The van der Waals surface area contributed by atoms with Gasteiger partial charge in [-0.05, 0) is 18.1 Å². The molecule has 0 saturated heterocycles. The molecule has 1 aromatic rings. The van der Waals surface area contributed by atoms with Crippen molar-refractivity contribution in [1.82, 2.24) is 9.71 Å². The number of nitrogens with one attached hydrogen (secondary N) is 1. The highest BCUT2D eigenvalue weighted by atomic mass is 35.5. The first-order valence-corrected chi connectivity index (χ1v) is 7.03. The Bertz CT molecular complexity index is 545.